The number of halogens is 1. The van der Waals surface area contributed by atoms with Crippen LogP contribution < -0.4 is 11.2 Å². The van der Waals surface area contributed by atoms with Crippen molar-refractivity contribution in [2.45, 2.75) is 6.92 Å². The molecule has 0 aliphatic heterocycles. The molecule has 6 heteroatoms. The van der Waals surface area contributed by atoms with Crippen molar-refractivity contribution in [1.82, 2.24) is 9.55 Å². The average Bonchev–Trinajstić information content (AvgIpc) is 2.29. The minimum absolute atomic E-state index is 0.272. The monoisotopic (exact) mass is 236 g/mol. The van der Waals surface area contributed by atoms with E-state index in [1.54, 1.807) is 17.1 Å². The van der Waals surface area contributed by atoms with Crippen LogP contribution in [0.2, 0.25) is 0 Å². The molecule has 1 aromatic heterocycles. The molecule has 0 aliphatic carbocycles. The van der Waals surface area contributed by atoms with E-state index in [0.717, 1.165) is 5.56 Å². The van der Waals surface area contributed by atoms with E-state index in [0.29, 0.717) is 4.57 Å². The number of rotatable bonds is 1. The first-order valence-electron chi connectivity index (χ1n) is 4.81. The molecular weight excluding hydrogens is 227 g/mol. The second kappa shape index (κ2) is 3.89. The quantitative estimate of drug-likeness (QED) is 0.764. The van der Waals surface area contributed by atoms with Crippen molar-refractivity contribution in [2.75, 3.05) is 0 Å². The standard InChI is InChI=1S/C11H9FN2O3/c1-6-2-4-7(5-3-6)14-10(16)8(12)9(15)13-11(14)17/h2-5,16H,1H3,(H,13,15,17). The number of nitrogens with zero attached hydrogens (tertiary/aromatic N) is 1. The molecule has 0 aliphatic rings. The van der Waals surface area contributed by atoms with Gasteiger partial charge in [-0.25, -0.2) is 9.36 Å². The van der Waals surface area contributed by atoms with E-state index in [1.165, 1.54) is 12.1 Å². The number of aromatic amines is 1. The molecule has 2 N–H and O–H groups in total. The number of aromatic nitrogens is 2. The lowest BCUT2D eigenvalue weighted by atomic mass is 10.2. The van der Waals surface area contributed by atoms with Crippen molar-refractivity contribution in [2.24, 2.45) is 0 Å². The van der Waals surface area contributed by atoms with Crippen LogP contribution in [0.3, 0.4) is 0 Å². The topological polar surface area (TPSA) is 75.1 Å². The van der Waals surface area contributed by atoms with Gasteiger partial charge in [0.15, 0.2) is 0 Å². The highest BCUT2D eigenvalue weighted by Gasteiger charge is 2.14. The van der Waals surface area contributed by atoms with Crippen LogP contribution in [-0.2, 0) is 0 Å². The van der Waals surface area contributed by atoms with Crippen molar-refractivity contribution in [3.05, 3.63) is 56.5 Å². The van der Waals surface area contributed by atoms with Gasteiger partial charge in [-0.3, -0.25) is 9.78 Å². The molecular formula is C11H9FN2O3. The molecule has 0 atom stereocenters. The van der Waals surface area contributed by atoms with Gasteiger partial charge in [0.25, 0.3) is 5.56 Å². The zero-order valence-electron chi connectivity index (χ0n) is 8.90. The summed E-state index contributed by atoms with van der Waals surface area (Å²) in [5.74, 6) is -2.38. The van der Waals surface area contributed by atoms with Gasteiger partial charge in [0, 0.05) is 0 Å². The lowest BCUT2D eigenvalue weighted by Crippen LogP contribution is -2.30. The molecule has 88 valence electrons. The van der Waals surface area contributed by atoms with Crippen LogP contribution in [0.5, 0.6) is 5.88 Å². The molecule has 2 rings (SSSR count). The lowest BCUT2D eigenvalue weighted by Gasteiger charge is -2.07. The van der Waals surface area contributed by atoms with Crippen LogP contribution in [0.1, 0.15) is 5.56 Å². The zero-order valence-corrected chi connectivity index (χ0v) is 8.90. The Kier molecular flexibility index (Phi) is 2.55. The molecule has 0 unspecified atom stereocenters. The minimum Gasteiger partial charge on any atom is -0.492 e. The lowest BCUT2D eigenvalue weighted by molar-refractivity contribution is 0.386. The molecule has 0 saturated heterocycles. The van der Waals surface area contributed by atoms with Crippen LogP contribution >= 0.6 is 0 Å². The van der Waals surface area contributed by atoms with Crippen molar-refractivity contribution in [1.29, 1.82) is 0 Å². The van der Waals surface area contributed by atoms with Gasteiger partial charge in [0.05, 0.1) is 5.69 Å². The van der Waals surface area contributed by atoms with Crippen molar-refractivity contribution < 1.29 is 9.50 Å². The van der Waals surface area contributed by atoms with Gasteiger partial charge >= 0.3 is 5.69 Å². The van der Waals surface area contributed by atoms with E-state index in [9.17, 15) is 19.1 Å². The highest BCUT2D eigenvalue weighted by Crippen LogP contribution is 2.15. The maximum Gasteiger partial charge on any atom is 0.335 e. The largest absolute Gasteiger partial charge is 0.492 e. The summed E-state index contributed by atoms with van der Waals surface area (Å²) < 4.78 is 13.9. The molecule has 17 heavy (non-hydrogen) atoms. The van der Waals surface area contributed by atoms with Gasteiger partial charge in [-0.2, -0.15) is 4.39 Å². The predicted octanol–water partition coefficient (Wildman–Crippen LogP) is 0.679. The number of hydrogen-bond donors (Lipinski definition) is 2. The Balaban J connectivity index is 2.76. The molecule has 1 aromatic carbocycles. The molecule has 0 fully saturated rings. The molecule has 0 radical (unpaired) electrons. The van der Waals surface area contributed by atoms with Gasteiger partial charge in [-0.1, -0.05) is 17.7 Å². The van der Waals surface area contributed by atoms with Gasteiger partial charge < -0.3 is 5.11 Å². The number of aryl methyl sites for hydroxylation is 1. The molecule has 1 heterocycles. The van der Waals surface area contributed by atoms with Crippen molar-refractivity contribution in [3.63, 3.8) is 0 Å². The zero-order chi connectivity index (χ0) is 12.6. The maximum atomic E-state index is 13.2. The van der Waals surface area contributed by atoms with Crippen LogP contribution in [0, 0.1) is 12.7 Å². The summed E-state index contributed by atoms with van der Waals surface area (Å²) in [4.78, 5) is 24.2. The fourth-order valence-corrected chi connectivity index (χ4v) is 1.44. The van der Waals surface area contributed by atoms with Crippen LogP contribution in [-0.4, -0.2) is 14.7 Å². The van der Waals surface area contributed by atoms with E-state index >= 15 is 0 Å². The van der Waals surface area contributed by atoms with Crippen molar-refractivity contribution >= 4 is 0 Å². The summed E-state index contributed by atoms with van der Waals surface area (Å²) in [7, 11) is 0. The summed E-state index contributed by atoms with van der Waals surface area (Å²) in [6, 6.07) is 6.47. The van der Waals surface area contributed by atoms with Crippen molar-refractivity contribution in [3.8, 4) is 11.6 Å². The summed E-state index contributed by atoms with van der Waals surface area (Å²) in [5, 5.41) is 9.45. The SMILES string of the molecule is Cc1ccc(-n2c(O)c(F)c(=O)[nH]c2=O)cc1. The maximum absolute atomic E-state index is 13.2. The predicted molar refractivity (Wildman–Crippen MR) is 59.0 cm³/mol. The van der Waals surface area contributed by atoms with Gasteiger partial charge in [-0.15, -0.1) is 0 Å². The number of H-pyrrole nitrogens is 1. The van der Waals surface area contributed by atoms with Crippen LogP contribution in [0.15, 0.2) is 33.9 Å². The first-order valence-corrected chi connectivity index (χ1v) is 4.81. The Bertz CT molecular complexity index is 671. The fraction of sp³-hybridized carbons (Fsp3) is 0.0909. The molecule has 0 bridgehead atoms. The summed E-state index contributed by atoms with van der Waals surface area (Å²) in [5.41, 5.74) is -0.909. The summed E-state index contributed by atoms with van der Waals surface area (Å²) in [6.45, 7) is 1.85. The van der Waals surface area contributed by atoms with E-state index in [-0.39, 0.29) is 5.69 Å². The fourth-order valence-electron chi connectivity index (χ4n) is 1.44. The van der Waals surface area contributed by atoms with Crippen LogP contribution in [0.25, 0.3) is 5.69 Å². The Morgan fingerprint density at radius 1 is 1.24 bits per heavy atom. The number of hydrogen-bond acceptors (Lipinski definition) is 3. The molecule has 0 amide bonds. The first-order chi connectivity index (χ1) is 8.00. The smallest absolute Gasteiger partial charge is 0.335 e. The summed E-state index contributed by atoms with van der Waals surface area (Å²) in [6.07, 6.45) is 0. The Hall–Kier alpha value is -2.37. The second-order valence-corrected chi connectivity index (χ2v) is 3.57. The summed E-state index contributed by atoms with van der Waals surface area (Å²) >= 11 is 0. The van der Waals surface area contributed by atoms with Gasteiger partial charge in [0.1, 0.15) is 0 Å². The molecule has 5 nitrogen and oxygen atoms in total. The van der Waals surface area contributed by atoms with Gasteiger partial charge in [-0.05, 0) is 19.1 Å². The van der Waals surface area contributed by atoms with Crippen LogP contribution in [0.4, 0.5) is 4.39 Å². The Labute approximate surface area is 94.8 Å². The first kappa shape index (κ1) is 11.1. The Morgan fingerprint density at radius 2 is 1.82 bits per heavy atom. The third-order valence-corrected chi connectivity index (χ3v) is 2.32. The van der Waals surface area contributed by atoms with E-state index in [1.807, 2.05) is 6.92 Å². The number of benzene rings is 1. The van der Waals surface area contributed by atoms with E-state index < -0.39 is 22.9 Å². The Morgan fingerprint density at radius 3 is 2.41 bits per heavy atom. The highest BCUT2D eigenvalue weighted by molar-refractivity contribution is 5.37. The third-order valence-electron chi connectivity index (χ3n) is 2.32. The highest BCUT2D eigenvalue weighted by atomic mass is 19.1. The molecule has 0 saturated carbocycles. The molecule has 0 spiro atoms. The van der Waals surface area contributed by atoms with Gasteiger partial charge in [0.2, 0.25) is 11.7 Å². The second-order valence-electron chi connectivity index (χ2n) is 3.57. The number of nitrogens with one attached hydrogen (secondary N) is 1. The minimum atomic E-state index is -1.38. The van der Waals surface area contributed by atoms with E-state index in [4.69, 9.17) is 0 Å². The third kappa shape index (κ3) is 1.84. The molecule has 2 aromatic rings. The average molecular weight is 236 g/mol. The van der Waals surface area contributed by atoms with E-state index in [2.05, 4.69) is 0 Å². The normalized spacial score (nSPS) is 10.5. The number of aromatic hydroxyl groups is 1.